The molecule has 0 saturated heterocycles. The fourth-order valence-corrected chi connectivity index (χ4v) is 1.73. The van der Waals surface area contributed by atoms with E-state index in [2.05, 4.69) is 0 Å². The van der Waals surface area contributed by atoms with E-state index in [4.69, 9.17) is 4.74 Å². The summed E-state index contributed by atoms with van der Waals surface area (Å²) in [5.41, 5.74) is 0.698. The van der Waals surface area contributed by atoms with E-state index in [1.165, 1.54) is 13.0 Å². The number of amides is 1. The lowest BCUT2D eigenvalue weighted by Crippen LogP contribution is -2.24. The van der Waals surface area contributed by atoms with Gasteiger partial charge in [-0.3, -0.25) is 10.0 Å². The van der Waals surface area contributed by atoms with Crippen LogP contribution in [0.4, 0.5) is 4.39 Å². The van der Waals surface area contributed by atoms with Gasteiger partial charge >= 0.3 is 0 Å². The Balaban J connectivity index is 2.10. The lowest BCUT2D eigenvalue weighted by atomic mass is 10.2. The highest BCUT2D eigenvalue weighted by Gasteiger charge is 2.05. The summed E-state index contributed by atoms with van der Waals surface area (Å²) in [7, 11) is 0. The van der Waals surface area contributed by atoms with Crippen LogP contribution >= 0.6 is 0 Å². The number of hydrogen-bond acceptors (Lipinski definition) is 3. The molecule has 0 spiro atoms. The number of hydroxylamine groups is 2. The van der Waals surface area contributed by atoms with Gasteiger partial charge in [-0.05, 0) is 29.8 Å². The van der Waals surface area contributed by atoms with E-state index in [-0.39, 0.29) is 12.3 Å². The Morgan fingerprint density at radius 1 is 1.27 bits per heavy atom. The van der Waals surface area contributed by atoms with Gasteiger partial charge in [0.2, 0.25) is 5.91 Å². The molecule has 1 amide bonds. The van der Waals surface area contributed by atoms with Crippen LogP contribution in [0.2, 0.25) is 0 Å². The van der Waals surface area contributed by atoms with Crippen LogP contribution in [-0.4, -0.2) is 22.7 Å². The zero-order chi connectivity index (χ0) is 15.9. The average molecular weight is 301 g/mol. The number of para-hydroxylation sites is 1. The maximum Gasteiger partial charge on any atom is 0.243 e. The van der Waals surface area contributed by atoms with Crippen LogP contribution in [0.5, 0.6) is 11.5 Å². The van der Waals surface area contributed by atoms with Crippen LogP contribution in [0.3, 0.4) is 0 Å². The average Bonchev–Trinajstić information content (AvgIpc) is 2.51. The van der Waals surface area contributed by atoms with Crippen LogP contribution in [-0.2, 0) is 4.79 Å². The highest BCUT2D eigenvalue weighted by atomic mass is 19.1. The van der Waals surface area contributed by atoms with Gasteiger partial charge in [0.1, 0.15) is 5.75 Å². The van der Waals surface area contributed by atoms with E-state index in [0.29, 0.717) is 16.4 Å². The van der Waals surface area contributed by atoms with Crippen molar-refractivity contribution in [3.63, 3.8) is 0 Å². The second-order valence-electron chi connectivity index (χ2n) is 4.61. The molecule has 0 heterocycles. The van der Waals surface area contributed by atoms with Crippen molar-refractivity contribution in [2.24, 2.45) is 0 Å². The van der Waals surface area contributed by atoms with Gasteiger partial charge in [-0.15, -0.1) is 0 Å². The topological polar surface area (TPSA) is 49.8 Å². The van der Waals surface area contributed by atoms with Gasteiger partial charge in [-0.25, -0.2) is 9.45 Å². The molecular formula is C17H16FNO3. The standard InChI is InChI=1S/C17H16FNO3/c1-13(20)19(21)11-5-6-14-9-10-16(18)17(12-14)22-15-7-3-2-4-8-15/h2-10,12,21H,11H2,1H3. The van der Waals surface area contributed by atoms with Gasteiger partial charge in [-0.2, -0.15) is 0 Å². The minimum atomic E-state index is -0.464. The second-order valence-corrected chi connectivity index (χ2v) is 4.61. The number of rotatable bonds is 5. The molecule has 0 aromatic heterocycles. The fraction of sp³-hybridized carbons (Fsp3) is 0.118. The normalized spacial score (nSPS) is 10.7. The molecule has 5 heteroatoms. The number of carbonyl (C=O) groups excluding carboxylic acids is 1. The third-order valence-electron chi connectivity index (χ3n) is 2.88. The van der Waals surface area contributed by atoms with E-state index in [1.54, 1.807) is 48.6 Å². The summed E-state index contributed by atoms with van der Waals surface area (Å²) in [6.07, 6.45) is 3.27. The smallest absolute Gasteiger partial charge is 0.243 e. The molecule has 0 atom stereocenters. The second kappa shape index (κ2) is 7.38. The van der Waals surface area contributed by atoms with Crippen molar-refractivity contribution >= 4 is 12.0 Å². The first-order valence-electron chi connectivity index (χ1n) is 6.72. The van der Waals surface area contributed by atoms with Crippen molar-refractivity contribution in [3.8, 4) is 11.5 Å². The van der Waals surface area contributed by atoms with Crippen molar-refractivity contribution in [1.29, 1.82) is 0 Å². The summed E-state index contributed by atoms with van der Waals surface area (Å²) < 4.78 is 19.3. The predicted molar refractivity (Wildman–Crippen MR) is 81.1 cm³/mol. The SMILES string of the molecule is CC(=O)N(O)CC=Cc1ccc(F)c(Oc2ccccc2)c1. The molecule has 1 N–H and O–H groups in total. The first-order chi connectivity index (χ1) is 10.6. The van der Waals surface area contributed by atoms with Crippen molar-refractivity contribution in [2.75, 3.05) is 6.54 Å². The number of benzene rings is 2. The lowest BCUT2D eigenvalue weighted by Gasteiger charge is -2.09. The molecule has 114 valence electrons. The van der Waals surface area contributed by atoms with Crippen LogP contribution in [0, 0.1) is 5.82 Å². The molecule has 2 aromatic carbocycles. The molecule has 0 fully saturated rings. The van der Waals surface area contributed by atoms with E-state index < -0.39 is 11.7 Å². The molecule has 2 aromatic rings. The number of carbonyl (C=O) groups is 1. The minimum Gasteiger partial charge on any atom is -0.454 e. The number of ether oxygens (including phenoxy) is 1. The molecule has 0 saturated carbocycles. The number of hydrogen-bond donors (Lipinski definition) is 1. The Morgan fingerprint density at radius 2 is 2.00 bits per heavy atom. The van der Waals surface area contributed by atoms with Gasteiger partial charge in [0.15, 0.2) is 11.6 Å². The quantitative estimate of drug-likeness (QED) is 0.673. The van der Waals surface area contributed by atoms with Crippen LogP contribution in [0.25, 0.3) is 6.08 Å². The molecular weight excluding hydrogens is 285 g/mol. The maximum absolute atomic E-state index is 13.8. The molecule has 0 aliphatic carbocycles. The fourth-order valence-electron chi connectivity index (χ4n) is 1.73. The summed E-state index contributed by atoms with van der Waals surface area (Å²) >= 11 is 0. The Labute approximate surface area is 128 Å². The van der Waals surface area contributed by atoms with E-state index >= 15 is 0 Å². The summed E-state index contributed by atoms with van der Waals surface area (Å²) in [5.74, 6) is -0.258. The summed E-state index contributed by atoms with van der Waals surface area (Å²) in [4.78, 5) is 10.9. The Bertz CT molecular complexity index is 671. The monoisotopic (exact) mass is 301 g/mol. The predicted octanol–water partition coefficient (Wildman–Crippen LogP) is 3.87. The van der Waals surface area contributed by atoms with E-state index in [1.807, 2.05) is 6.07 Å². The van der Waals surface area contributed by atoms with E-state index in [9.17, 15) is 14.4 Å². The Hall–Kier alpha value is -2.66. The summed E-state index contributed by atoms with van der Waals surface area (Å²) in [6.45, 7) is 1.32. The third-order valence-corrected chi connectivity index (χ3v) is 2.88. The van der Waals surface area contributed by atoms with E-state index in [0.717, 1.165) is 0 Å². The molecule has 0 aliphatic heterocycles. The van der Waals surface area contributed by atoms with Crippen LogP contribution in [0.15, 0.2) is 54.6 Å². The zero-order valence-electron chi connectivity index (χ0n) is 12.1. The first kappa shape index (κ1) is 15.7. The number of nitrogens with zero attached hydrogens (tertiary/aromatic N) is 1. The third kappa shape index (κ3) is 4.43. The van der Waals surface area contributed by atoms with Crippen LogP contribution in [0.1, 0.15) is 12.5 Å². The Kier molecular flexibility index (Phi) is 5.27. The van der Waals surface area contributed by atoms with Gasteiger partial charge in [-0.1, -0.05) is 36.4 Å². The summed E-state index contributed by atoms with van der Waals surface area (Å²) in [5, 5.41) is 9.83. The van der Waals surface area contributed by atoms with Crippen molar-refractivity contribution in [3.05, 3.63) is 66.0 Å². The maximum atomic E-state index is 13.8. The summed E-state index contributed by atoms with van der Waals surface area (Å²) in [6, 6.07) is 13.4. The zero-order valence-corrected chi connectivity index (χ0v) is 12.1. The highest BCUT2D eigenvalue weighted by molar-refractivity contribution is 5.72. The van der Waals surface area contributed by atoms with Crippen LogP contribution < -0.4 is 4.74 Å². The lowest BCUT2D eigenvalue weighted by molar-refractivity contribution is -0.160. The Morgan fingerprint density at radius 3 is 2.68 bits per heavy atom. The molecule has 22 heavy (non-hydrogen) atoms. The van der Waals surface area contributed by atoms with Gasteiger partial charge in [0, 0.05) is 6.92 Å². The molecule has 0 aliphatic rings. The van der Waals surface area contributed by atoms with Crippen molar-refractivity contribution < 1.29 is 19.1 Å². The molecule has 0 radical (unpaired) electrons. The largest absolute Gasteiger partial charge is 0.454 e. The van der Waals surface area contributed by atoms with Gasteiger partial charge in [0.05, 0.1) is 6.54 Å². The van der Waals surface area contributed by atoms with Gasteiger partial charge in [0.25, 0.3) is 0 Å². The number of halogens is 1. The molecule has 2 rings (SSSR count). The molecule has 0 bridgehead atoms. The molecule has 0 unspecified atom stereocenters. The minimum absolute atomic E-state index is 0.0571. The first-order valence-corrected chi connectivity index (χ1v) is 6.72. The highest BCUT2D eigenvalue weighted by Crippen LogP contribution is 2.25. The van der Waals surface area contributed by atoms with Gasteiger partial charge < -0.3 is 4.74 Å². The molecule has 4 nitrogen and oxygen atoms in total. The van der Waals surface area contributed by atoms with Crippen molar-refractivity contribution in [1.82, 2.24) is 5.06 Å². The van der Waals surface area contributed by atoms with Crippen molar-refractivity contribution in [2.45, 2.75) is 6.92 Å².